The first-order valence-electron chi connectivity index (χ1n) is 7.99. The molecule has 0 aliphatic rings. The number of aromatic nitrogens is 3. The molecule has 0 aliphatic carbocycles. The summed E-state index contributed by atoms with van der Waals surface area (Å²) >= 11 is 0. The van der Waals surface area contributed by atoms with Gasteiger partial charge in [0.2, 0.25) is 0 Å². The molecule has 0 fully saturated rings. The number of hydrogen-bond donors (Lipinski definition) is 0. The van der Waals surface area contributed by atoms with Crippen molar-refractivity contribution in [1.82, 2.24) is 14.0 Å². The van der Waals surface area contributed by atoms with Crippen LogP contribution in [0, 0.1) is 10.1 Å². The Morgan fingerprint density at radius 3 is 2.35 bits per heavy atom. The van der Waals surface area contributed by atoms with E-state index in [1.807, 2.05) is 54.6 Å². The quantitative estimate of drug-likeness (QED) is 0.420. The van der Waals surface area contributed by atoms with Gasteiger partial charge in [-0.25, -0.2) is 0 Å². The number of nitro groups is 1. The predicted octanol–water partition coefficient (Wildman–Crippen LogP) is 3.12. The van der Waals surface area contributed by atoms with Gasteiger partial charge < -0.3 is 14.7 Å². The van der Waals surface area contributed by atoms with Gasteiger partial charge in [0.25, 0.3) is 0 Å². The van der Waals surface area contributed by atoms with Gasteiger partial charge in [-0.1, -0.05) is 54.6 Å². The van der Waals surface area contributed by atoms with Gasteiger partial charge in [0.05, 0.1) is 6.54 Å². The van der Waals surface area contributed by atoms with Crippen LogP contribution in [0.1, 0.15) is 5.56 Å². The summed E-state index contributed by atoms with van der Waals surface area (Å²) in [6.45, 7) is 0.366. The summed E-state index contributed by atoms with van der Waals surface area (Å²) in [5.41, 5.74) is 2.85. The van der Waals surface area contributed by atoms with E-state index in [1.165, 1.54) is 15.2 Å². The maximum Gasteiger partial charge on any atom is 0.382 e. The molecule has 2 aromatic heterocycles. The summed E-state index contributed by atoms with van der Waals surface area (Å²) in [6.07, 6.45) is 4.43. The van der Waals surface area contributed by atoms with Crippen LogP contribution in [0.25, 0.3) is 16.8 Å². The van der Waals surface area contributed by atoms with Gasteiger partial charge in [0.1, 0.15) is 6.20 Å². The Morgan fingerprint density at radius 1 is 0.962 bits per heavy atom. The van der Waals surface area contributed by atoms with Crippen LogP contribution in [-0.2, 0) is 6.54 Å². The molecular formula is C19H14N4O3. The molecule has 128 valence electrons. The maximum absolute atomic E-state index is 12.5. The minimum atomic E-state index is -0.612. The highest BCUT2D eigenvalue weighted by Crippen LogP contribution is 2.19. The van der Waals surface area contributed by atoms with Crippen molar-refractivity contribution in [2.75, 3.05) is 0 Å². The molecule has 0 unspecified atom stereocenters. The highest BCUT2D eigenvalue weighted by molar-refractivity contribution is 5.63. The number of fused-ring (bicyclic) bond motifs is 1. The van der Waals surface area contributed by atoms with Gasteiger partial charge in [-0.2, -0.15) is 0 Å². The summed E-state index contributed by atoms with van der Waals surface area (Å²) in [7, 11) is 0. The van der Waals surface area contributed by atoms with Crippen molar-refractivity contribution in [2.24, 2.45) is 0 Å². The minimum Gasteiger partial charge on any atom is -0.358 e. The average molecular weight is 346 g/mol. The fraction of sp³-hybridized carbons (Fsp3) is 0.0526. The predicted molar refractivity (Wildman–Crippen MR) is 97.1 cm³/mol. The van der Waals surface area contributed by atoms with Crippen LogP contribution in [0.4, 0.5) is 5.82 Å². The zero-order valence-corrected chi connectivity index (χ0v) is 13.6. The first kappa shape index (κ1) is 15.8. The van der Waals surface area contributed by atoms with E-state index in [0.29, 0.717) is 6.54 Å². The van der Waals surface area contributed by atoms with Crippen molar-refractivity contribution in [3.05, 3.63) is 99.2 Å². The molecule has 0 atom stereocenters. The van der Waals surface area contributed by atoms with Crippen molar-refractivity contribution >= 4 is 11.5 Å². The Balaban J connectivity index is 1.64. The first-order valence-corrected chi connectivity index (χ1v) is 7.99. The molecule has 7 heteroatoms. The Morgan fingerprint density at radius 2 is 1.65 bits per heavy atom. The smallest absolute Gasteiger partial charge is 0.358 e. The second-order valence-electron chi connectivity index (χ2n) is 5.88. The van der Waals surface area contributed by atoms with E-state index in [1.54, 1.807) is 12.4 Å². The van der Waals surface area contributed by atoms with Crippen molar-refractivity contribution in [1.29, 1.82) is 0 Å². The summed E-state index contributed by atoms with van der Waals surface area (Å²) in [5, 5.41) is 10.8. The lowest BCUT2D eigenvalue weighted by Gasteiger charge is -2.07. The molecule has 0 saturated carbocycles. The molecule has 26 heavy (non-hydrogen) atoms. The lowest BCUT2D eigenvalue weighted by Crippen LogP contribution is -2.22. The molecule has 4 rings (SSSR count). The van der Waals surface area contributed by atoms with Crippen molar-refractivity contribution < 1.29 is 4.92 Å². The van der Waals surface area contributed by atoms with Crippen molar-refractivity contribution in [2.45, 2.75) is 6.54 Å². The lowest BCUT2D eigenvalue weighted by atomic mass is 10.0. The van der Waals surface area contributed by atoms with Gasteiger partial charge >= 0.3 is 17.0 Å². The van der Waals surface area contributed by atoms with Crippen LogP contribution in [-0.4, -0.2) is 18.9 Å². The van der Waals surface area contributed by atoms with Crippen LogP contribution in [0.5, 0.6) is 0 Å². The standard InChI is InChI=1S/C19H14N4O3/c24-19-18-20-17(23(25)26)13-21(18)10-11-22(19)12-14-6-8-16(9-7-14)15-4-2-1-3-5-15/h1-11,13H,12H2. The fourth-order valence-electron chi connectivity index (χ4n) is 2.84. The van der Waals surface area contributed by atoms with E-state index in [4.69, 9.17) is 0 Å². The molecule has 4 aromatic rings. The van der Waals surface area contributed by atoms with Gasteiger partial charge in [0, 0.05) is 12.4 Å². The Kier molecular flexibility index (Phi) is 3.81. The molecule has 2 aromatic carbocycles. The third-order valence-electron chi connectivity index (χ3n) is 4.18. The molecule has 0 spiro atoms. The van der Waals surface area contributed by atoms with E-state index in [9.17, 15) is 14.9 Å². The van der Waals surface area contributed by atoms with Crippen LogP contribution >= 0.6 is 0 Å². The second-order valence-corrected chi connectivity index (χ2v) is 5.88. The Labute approximate surface area is 147 Å². The van der Waals surface area contributed by atoms with Crippen molar-refractivity contribution in [3.63, 3.8) is 0 Å². The van der Waals surface area contributed by atoms with E-state index < -0.39 is 4.92 Å². The fourth-order valence-corrected chi connectivity index (χ4v) is 2.84. The number of rotatable bonds is 4. The topological polar surface area (TPSA) is 82.4 Å². The van der Waals surface area contributed by atoms with E-state index in [-0.39, 0.29) is 17.0 Å². The normalized spacial score (nSPS) is 10.9. The highest BCUT2D eigenvalue weighted by atomic mass is 16.6. The molecular weight excluding hydrogens is 332 g/mol. The highest BCUT2D eigenvalue weighted by Gasteiger charge is 2.17. The second kappa shape index (κ2) is 6.29. The molecule has 0 bridgehead atoms. The van der Waals surface area contributed by atoms with Crippen molar-refractivity contribution in [3.8, 4) is 11.1 Å². The summed E-state index contributed by atoms with van der Waals surface area (Å²) in [4.78, 5) is 26.5. The number of benzene rings is 2. The van der Waals surface area contributed by atoms with Crippen LogP contribution in [0.2, 0.25) is 0 Å². The Bertz CT molecular complexity index is 1150. The molecule has 7 nitrogen and oxygen atoms in total. The van der Waals surface area contributed by atoms with Crippen LogP contribution < -0.4 is 5.56 Å². The minimum absolute atomic E-state index is 0.0418. The van der Waals surface area contributed by atoms with Gasteiger partial charge in [-0.05, 0) is 26.6 Å². The summed E-state index contributed by atoms with van der Waals surface area (Å²) < 4.78 is 2.86. The summed E-state index contributed by atoms with van der Waals surface area (Å²) in [5.74, 6) is -0.341. The third kappa shape index (κ3) is 2.86. The zero-order valence-electron chi connectivity index (χ0n) is 13.6. The van der Waals surface area contributed by atoms with Gasteiger partial charge in [-0.3, -0.25) is 9.20 Å². The van der Waals surface area contributed by atoms with Gasteiger partial charge in [-0.15, -0.1) is 0 Å². The molecule has 0 saturated heterocycles. The summed E-state index contributed by atoms with van der Waals surface area (Å²) in [6, 6.07) is 18.0. The first-order chi connectivity index (χ1) is 12.6. The molecule has 0 N–H and O–H groups in total. The number of nitrogens with zero attached hydrogens (tertiary/aromatic N) is 4. The van der Waals surface area contributed by atoms with Gasteiger partial charge in [0.15, 0.2) is 0 Å². The monoisotopic (exact) mass is 346 g/mol. The lowest BCUT2D eigenvalue weighted by molar-refractivity contribution is -0.389. The third-order valence-corrected chi connectivity index (χ3v) is 4.18. The van der Waals surface area contributed by atoms with Crippen LogP contribution in [0.3, 0.4) is 0 Å². The molecule has 0 amide bonds. The van der Waals surface area contributed by atoms with E-state index in [0.717, 1.165) is 16.7 Å². The molecule has 2 heterocycles. The number of hydrogen-bond acceptors (Lipinski definition) is 4. The largest absolute Gasteiger partial charge is 0.382 e. The SMILES string of the molecule is O=c1c2nc([N+](=O)[O-])cn2ccn1Cc1ccc(-c2ccccc2)cc1. The molecule has 0 aliphatic heterocycles. The Hall–Kier alpha value is -3.74. The maximum atomic E-state index is 12.5. The average Bonchev–Trinajstić information content (AvgIpc) is 3.11. The molecule has 0 radical (unpaired) electrons. The number of imidazole rings is 1. The van der Waals surface area contributed by atoms with E-state index >= 15 is 0 Å². The van der Waals surface area contributed by atoms with Crippen LogP contribution in [0.15, 0.2) is 78.0 Å². The zero-order chi connectivity index (χ0) is 18.1. The van der Waals surface area contributed by atoms with E-state index in [2.05, 4.69) is 4.98 Å².